The van der Waals surface area contributed by atoms with Crippen molar-refractivity contribution in [1.29, 1.82) is 0 Å². The van der Waals surface area contributed by atoms with Crippen molar-refractivity contribution in [2.24, 2.45) is 5.84 Å². The molecule has 1 aromatic heterocycles. The number of hydrogen-bond donors (Lipinski definition) is 3. The van der Waals surface area contributed by atoms with Crippen molar-refractivity contribution in [2.45, 2.75) is 26.4 Å². The number of nitrogens with zero attached hydrogens (tertiary/aromatic N) is 3. The lowest BCUT2D eigenvalue weighted by Crippen LogP contribution is -2.30. The molecule has 21 heavy (non-hydrogen) atoms. The van der Waals surface area contributed by atoms with Crippen LogP contribution in [0.1, 0.15) is 26.0 Å². The summed E-state index contributed by atoms with van der Waals surface area (Å²) in [5, 5.41) is 2.87. The van der Waals surface area contributed by atoms with Gasteiger partial charge in [-0.05, 0) is 19.5 Å². The van der Waals surface area contributed by atoms with Gasteiger partial charge in [0.15, 0.2) is 5.69 Å². The molecule has 0 aromatic carbocycles. The molecule has 0 aliphatic rings. The van der Waals surface area contributed by atoms with Gasteiger partial charge in [-0.15, -0.1) is 0 Å². The van der Waals surface area contributed by atoms with Crippen molar-refractivity contribution in [2.75, 3.05) is 36.9 Å². The van der Waals surface area contributed by atoms with Crippen LogP contribution in [0, 0.1) is 0 Å². The van der Waals surface area contributed by atoms with Crippen LogP contribution < -0.4 is 16.6 Å². The largest absolute Gasteiger partial charge is 0.433 e. The molecular weight excluding hydrogens is 285 g/mol. The molecule has 0 fully saturated rings. The van der Waals surface area contributed by atoms with E-state index in [1.54, 1.807) is 0 Å². The maximum absolute atomic E-state index is 12.7. The zero-order chi connectivity index (χ0) is 15.9. The Balaban J connectivity index is 2.70. The summed E-state index contributed by atoms with van der Waals surface area (Å²) in [5.41, 5.74) is 1.00. The van der Waals surface area contributed by atoms with Crippen LogP contribution in [-0.2, 0) is 6.18 Å². The summed E-state index contributed by atoms with van der Waals surface area (Å²) in [4.78, 5) is 9.34. The second-order valence-corrected chi connectivity index (χ2v) is 4.47. The molecule has 4 N–H and O–H groups in total. The van der Waals surface area contributed by atoms with E-state index in [9.17, 15) is 13.2 Å². The second kappa shape index (κ2) is 7.99. The third kappa shape index (κ3) is 5.72. The predicted molar refractivity (Wildman–Crippen MR) is 75.7 cm³/mol. The van der Waals surface area contributed by atoms with Gasteiger partial charge in [-0.2, -0.15) is 18.2 Å². The van der Waals surface area contributed by atoms with Crippen molar-refractivity contribution in [3.05, 3.63) is 11.8 Å². The summed E-state index contributed by atoms with van der Waals surface area (Å²) in [6, 6.07) is 0.872. The van der Waals surface area contributed by atoms with Gasteiger partial charge in [0.1, 0.15) is 5.82 Å². The first-order valence-corrected chi connectivity index (χ1v) is 6.79. The first-order chi connectivity index (χ1) is 9.90. The SMILES string of the molecule is CCCN(CC)CCNc1cc(C(F)(F)F)nc(NN)n1. The number of halogens is 3. The number of alkyl halides is 3. The Morgan fingerprint density at radius 3 is 2.48 bits per heavy atom. The van der Waals surface area contributed by atoms with Crippen molar-refractivity contribution >= 4 is 11.8 Å². The zero-order valence-electron chi connectivity index (χ0n) is 12.2. The van der Waals surface area contributed by atoms with Crippen LogP contribution in [0.5, 0.6) is 0 Å². The molecule has 0 radical (unpaired) electrons. The van der Waals surface area contributed by atoms with Crippen molar-refractivity contribution in [3.8, 4) is 0 Å². The minimum absolute atomic E-state index is 0.0952. The smallest absolute Gasteiger partial charge is 0.369 e. The van der Waals surface area contributed by atoms with E-state index in [0.717, 1.165) is 32.1 Å². The van der Waals surface area contributed by atoms with E-state index in [4.69, 9.17) is 5.84 Å². The summed E-state index contributed by atoms with van der Waals surface area (Å²) in [6.07, 6.45) is -3.51. The molecule has 0 spiro atoms. The molecule has 0 atom stereocenters. The number of likely N-dealkylation sites (N-methyl/N-ethyl adjacent to an activating group) is 1. The molecule has 0 amide bonds. The normalized spacial score (nSPS) is 11.8. The number of anilines is 2. The summed E-state index contributed by atoms with van der Waals surface area (Å²) >= 11 is 0. The highest BCUT2D eigenvalue weighted by atomic mass is 19.4. The van der Waals surface area contributed by atoms with Crippen molar-refractivity contribution in [3.63, 3.8) is 0 Å². The molecular formula is C12H21F3N6. The van der Waals surface area contributed by atoms with Crippen LogP contribution in [0.25, 0.3) is 0 Å². The number of hydrogen-bond acceptors (Lipinski definition) is 6. The van der Waals surface area contributed by atoms with E-state index in [-0.39, 0.29) is 11.8 Å². The number of hydrazine groups is 1. The van der Waals surface area contributed by atoms with E-state index < -0.39 is 11.9 Å². The lowest BCUT2D eigenvalue weighted by molar-refractivity contribution is -0.141. The lowest BCUT2D eigenvalue weighted by atomic mass is 10.3. The highest BCUT2D eigenvalue weighted by Crippen LogP contribution is 2.29. The molecule has 0 aliphatic carbocycles. The Morgan fingerprint density at radius 2 is 1.95 bits per heavy atom. The van der Waals surface area contributed by atoms with Crippen LogP contribution in [-0.4, -0.2) is 41.0 Å². The highest BCUT2D eigenvalue weighted by Gasteiger charge is 2.33. The van der Waals surface area contributed by atoms with E-state index in [1.807, 2.05) is 12.3 Å². The molecule has 0 saturated carbocycles. The molecule has 6 nitrogen and oxygen atoms in total. The van der Waals surface area contributed by atoms with Gasteiger partial charge in [0, 0.05) is 19.2 Å². The highest BCUT2D eigenvalue weighted by molar-refractivity contribution is 5.42. The molecule has 1 heterocycles. The first kappa shape index (κ1) is 17.4. The summed E-state index contributed by atoms with van der Waals surface area (Å²) < 4.78 is 38.1. The topological polar surface area (TPSA) is 79.1 Å². The molecule has 120 valence electrons. The zero-order valence-corrected chi connectivity index (χ0v) is 12.2. The minimum atomic E-state index is -4.54. The van der Waals surface area contributed by atoms with Crippen molar-refractivity contribution in [1.82, 2.24) is 14.9 Å². The van der Waals surface area contributed by atoms with E-state index in [1.165, 1.54) is 0 Å². The molecule has 0 saturated heterocycles. The summed E-state index contributed by atoms with van der Waals surface area (Å²) in [6.45, 7) is 7.18. The number of nitrogens with two attached hydrogens (primary N) is 1. The van der Waals surface area contributed by atoms with Crippen LogP contribution in [0.4, 0.5) is 24.9 Å². The van der Waals surface area contributed by atoms with Gasteiger partial charge in [-0.1, -0.05) is 13.8 Å². The molecule has 0 unspecified atom stereocenters. The fourth-order valence-electron chi connectivity index (χ4n) is 1.83. The summed E-state index contributed by atoms with van der Waals surface area (Å²) in [5.74, 6) is 4.92. The maximum Gasteiger partial charge on any atom is 0.433 e. The first-order valence-electron chi connectivity index (χ1n) is 6.79. The van der Waals surface area contributed by atoms with Gasteiger partial charge in [-0.3, -0.25) is 5.43 Å². The van der Waals surface area contributed by atoms with Crippen molar-refractivity contribution < 1.29 is 13.2 Å². The molecule has 1 aromatic rings. The third-order valence-electron chi connectivity index (χ3n) is 2.87. The summed E-state index contributed by atoms with van der Waals surface area (Å²) in [7, 11) is 0. The Labute approximate surface area is 121 Å². The standard InChI is InChI=1S/C12H21F3N6/c1-3-6-21(4-2)7-5-17-10-8-9(12(13,14)15)18-11(19-10)20-16/h8H,3-7,16H2,1-2H3,(H2,17,18,19,20). The predicted octanol–water partition coefficient (Wildman–Crippen LogP) is 1.92. The number of rotatable bonds is 8. The molecule has 9 heteroatoms. The Morgan fingerprint density at radius 1 is 1.24 bits per heavy atom. The number of aromatic nitrogens is 2. The Bertz CT molecular complexity index is 437. The minimum Gasteiger partial charge on any atom is -0.369 e. The molecule has 0 bridgehead atoms. The fourth-order valence-corrected chi connectivity index (χ4v) is 1.83. The maximum atomic E-state index is 12.7. The van der Waals surface area contributed by atoms with Crippen LogP contribution in [0.2, 0.25) is 0 Å². The Hall–Kier alpha value is -1.61. The Kier molecular flexibility index (Phi) is 6.63. The average Bonchev–Trinajstić information content (AvgIpc) is 2.45. The second-order valence-electron chi connectivity index (χ2n) is 4.47. The molecule has 0 aliphatic heterocycles. The van der Waals surface area contributed by atoms with Gasteiger partial charge in [0.05, 0.1) is 0 Å². The third-order valence-corrected chi connectivity index (χ3v) is 2.87. The lowest BCUT2D eigenvalue weighted by Gasteiger charge is -2.20. The quantitative estimate of drug-likeness (QED) is 0.503. The van der Waals surface area contributed by atoms with Crippen LogP contribution >= 0.6 is 0 Å². The van der Waals surface area contributed by atoms with E-state index in [0.29, 0.717) is 6.54 Å². The van der Waals surface area contributed by atoms with Gasteiger partial charge in [0.2, 0.25) is 5.95 Å². The van der Waals surface area contributed by atoms with Crippen LogP contribution in [0.15, 0.2) is 6.07 Å². The van der Waals surface area contributed by atoms with E-state index >= 15 is 0 Å². The fraction of sp³-hybridized carbons (Fsp3) is 0.667. The van der Waals surface area contributed by atoms with Gasteiger partial charge in [0.25, 0.3) is 0 Å². The number of nitrogen functional groups attached to an aromatic ring is 1. The van der Waals surface area contributed by atoms with Gasteiger partial charge < -0.3 is 10.2 Å². The van der Waals surface area contributed by atoms with Gasteiger partial charge >= 0.3 is 6.18 Å². The monoisotopic (exact) mass is 306 g/mol. The van der Waals surface area contributed by atoms with Gasteiger partial charge in [-0.25, -0.2) is 10.8 Å². The van der Waals surface area contributed by atoms with E-state index in [2.05, 4.69) is 27.1 Å². The molecule has 1 rings (SSSR count). The average molecular weight is 306 g/mol. The van der Waals surface area contributed by atoms with Crippen LogP contribution in [0.3, 0.4) is 0 Å². The number of nitrogens with one attached hydrogen (secondary N) is 2.